The van der Waals surface area contributed by atoms with Gasteiger partial charge in [-0.2, -0.15) is 0 Å². The van der Waals surface area contributed by atoms with Crippen molar-refractivity contribution in [2.24, 2.45) is 5.73 Å². The summed E-state index contributed by atoms with van der Waals surface area (Å²) in [5.74, 6) is 0. The fourth-order valence-electron chi connectivity index (χ4n) is 1.55. The fourth-order valence-corrected chi connectivity index (χ4v) is 3.90. The van der Waals surface area contributed by atoms with E-state index in [0.717, 1.165) is 5.03 Å². The second-order valence-electron chi connectivity index (χ2n) is 3.91. The minimum absolute atomic E-state index is 0.0901. The smallest absolute Gasteiger partial charge is 0.116 e. The molecule has 0 fully saturated rings. The first kappa shape index (κ1) is 12.5. The molecule has 2 aromatic rings. The summed E-state index contributed by atoms with van der Waals surface area (Å²) in [6, 6.07) is 4.14. The van der Waals surface area contributed by atoms with Crippen LogP contribution in [0.1, 0.15) is 22.6 Å². The van der Waals surface area contributed by atoms with Crippen molar-refractivity contribution in [2.45, 2.75) is 30.2 Å². The van der Waals surface area contributed by atoms with Crippen molar-refractivity contribution in [3.8, 4) is 0 Å². The first-order valence-corrected chi connectivity index (χ1v) is 7.16. The Hall–Kier alpha value is -0.910. The molecule has 0 bridgehead atoms. The SMILES string of the molecule is Cc1ccsc1C(Sc1ccncn1)C(C)N. The van der Waals surface area contributed by atoms with E-state index in [2.05, 4.69) is 28.3 Å². The Bertz CT molecular complexity index is 468. The van der Waals surface area contributed by atoms with E-state index in [0.29, 0.717) is 0 Å². The molecule has 2 heterocycles. The molecule has 17 heavy (non-hydrogen) atoms. The molecule has 0 amide bonds. The highest BCUT2D eigenvalue weighted by atomic mass is 32.2. The standard InChI is InChI=1S/C12H15N3S2/c1-8-4-6-16-11(8)12(9(2)13)17-10-3-5-14-7-15-10/h3-7,9,12H,13H2,1-2H3. The van der Waals surface area contributed by atoms with Crippen LogP contribution in [0.3, 0.4) is 0 Å². The Labute approximate surface area is 109 Å². The maximum absolute atomic E-state index is 6.09. The number of aromatic nitrogens is 2. The van der Waals surface area contributed by atoms with Gasteiger partial charge in [-0.3, -0.25) is 0 Å². The predicted octanol–water partition coefficient (Wildman–Crippen LogP) is 3.03. The zero-order valence-electron chi connectivity index (χ0n) is 9.83. The first-order valence-electron chi connectivity index (χ1n) is 5.40. The number of rotatable bonds is 4. The molecule has 0 saturated heterocycles. The quantitative estimate of drug-likeness (QED) is 0.682. The zero-order chi connectivity index (χ0) is 12.3. The van der Waals surface area contributed by atoms with Crippen molar-refractivity contribution >= 4 is 23.1 Å². The van der Waals surface area contributed by atoms with Crippen molar-refractivity contribution < 1.29 is 0 Å². The lowest BCUT2D eigenvalue weighted by Crippen LogP contribution is -2.22. The number of nitrogens with zero attached hydrogens (tertiary/aromatic N) is 2. The summed E-state index contributed by atoms with van der Waals surface area (Å²) in [4.78, 5) is 9.50. The van der Waals surface area contributed by atoms with Gasteiger partial charge in [0.15, 0.2) is 0 Å². The van der Waals surface area contributed by atoms with Crippen LogP contribution >= 0.6 is 23.1 Å². The summed E-state index contributed by atoms with van der Waals surface area (Å²) < 4.78 is 0. The van der Waals surface area contributed by atoms with Crippen LogP contribution in [0.4, 0.5) is 0 Å². The highest BCUT2D eigenvalue weighted by molar-refractivity contribution is 7.99. The maximum atomic E-state index is 6.09. The first-order chi connectivity index (χ1) is 8.18. The van der Waals surface area contributed by atoms with Gasteiger partial charge in [-0.05, 0) is 36.9 Å². The number of nitrogens with two attached hydrogens (primary N) is 1. The highest BCUT2D eigenvalue weighted by Gasteiger charge is 2.21. The number of thioether (sulfide) groups is 1. The molecule has 0 aliphatic carbocycles. The average Bonchev–Trinajstić information content (AvgIpc) is 2.73. The van der Waals surface area contributed by atoms with Crippen molar-refractivity contribution in [2.75, 3.05) is 0 Å². The summed E-state index contributed by atoms with van der Waals surface area (Å²) in [5, 5.41) is 3.33. The molecule has 2 aromatic heterocycles. The van der Waals surface area contributed by atoms with Gasteiger partial charge < -0.3 is 5.73 Å². The van der Waals surface area contributed by atoms with Gasteiger partial charge in [0, 0.05) is 17.1 Å². The lowest BCUT2D eigenvalue weighted by Gasteiger charge is -2.19. The summed E-state index contributed by atoms with van der Waals surface area (Å²) in [6.45, 7) is 4.17. The van der Waals surface area contributed by atoms with Crippen LogP contribution < -0.4 is 5.73 Å². The third kappa shape index (κ3) is 3.06. The Kier molecular flexibility index (Phi) is 4.15. The van der Waals surface area contributed by atoms with E-state index in [-0.39, 0.29) is 11.3 Å². The molecule has 0 aromatic carbocycles. The van der Waals surface area contributed by atoms with Crippen LogP contribution in [-0.2, 0) is 0 Å². The van der Waals surface area contributed by atoms with Crippen LogP contribution in [0.2, 0.25) is 0 Å². The van der Waals surface area contributed by atoms with Gasteiger partial charge in [-0.1, -0.05) is 11.8 Å². The van der Waals surface area contributed by atoms with E-state index in [1.807, 2.05) is 13.0 Å². The molecule has 5 heteroatoms. The van der Waals surface area contributed by atoms with E-state index in [4.69, 9.17) is 5.73 Å². The van der Waals surface area contributed by atoms with Gasteiger partial charge >= 0.3 is 0 Å². The molecule has 2 rings (SSSR count). The van der Waals surface area contributed by atoms with Crippen LogP contribution in [0.15, 0.2) is 35.1 Å². The van der Waals surface area contributed by atoms with Crippen molar-refractivity contribution in [1.82, 2.24) is 9.97 Å². The number of hydrogen-bond acceptors (Lipinski definition) is 5. The molecule has 0 radical (unpaired) electrons. The van der Waals surface area contributed by atoms with Gasteiger partial charge in [0.25, 0.3) is 0 Å². The molecular weight excluding hydrogens is 250 g/mol. The Balaban J connectivity index is 2.23. The summed E-state index contributed by atoms with van der Waals surface area (Å²) in [7, 11) is 0. The molecule has 2 N–H and O–H groups in total. The lowest BCUT2D eigenvalue weighted by atomic mass is 10.1. The Morgan fingerprint density at radius 1 is 1.41 bits per heavy atom. The molecule has 90 valence electrons. The summed E-state index contributed by atoms with van der Waals surface area (Å²) in [5.41, 5.74) is 7.39. The maximum Gasteiger partial charge on any atom is 0.116 e. The van der Waals surface area contributed by atoms with Crippen LogP contribution in [0.25, 0.3) is 0 Å². The van der Waals surface area contributed by atoms with E-state index >= 15 is 0 Å². The van der Waals surface area contributed by atoms with Crippen LogP contribution in [0, 0.1) is 6.92 Å². The molecular formula is C12H15N3S2. The molecule has 0 spiro atoms. The second kappa shape index (κ2) is 5.62. The number of hydrogen-bond donors (Lipinski definition) is 1. The third-order valence-electron chi connectivity index (χ3n) is 2.44. The largest absolute Gasteiger partial charge is 0.327 e. The van der Waals surface area contributed by atoms with Gasteiger partial charge in [-0.15, -0.1) is 11.3 Å². The van der Waals surface area contributed by atoms with Gasteiger partial charge in [-0.25, -0.2) is 9.97 Å². The molecule has 3 nitrogen and oxygen atoms in total. The van der Waals surface area contributed by atoms with E-state index in [9.17, 15) is 0 Å². The van der Waals surface area contributed by atoms with Crippen molar-refractivity contribution in [3.05, 3.63) is 40.5 Å². The Morgan fingerprint density at radius 3 is 2.76 bits per heavy atom. The van der Waals surface area contributed by atoms with Gasteiger partial charge in [0.1, 0.15) is 11.4 Å². The van der Waals surface area contributed by atoms with E-state index in [1.54, 1.807) is 35.6 Å². The van der Waals surface area contributed by atoms with Gasteiger partial charge in [0.2, 0.25) is 0 Å². The minimum atomic E-state index is 0.0901. The molecule has 0 aliphatic heterocycles. The van der Waals surface area contributed by atoms with Crippen LogP contribution in [0.5, 0.6) is 0 Å². The monoisotopic (exact) mass is 265 g/mol. The molecule has 2 unspecified atom stereocenters. The van der Waals surface area contributed by atoms with E-state index in [1.165, 1.54) is 10.4 Å². The fraction of sp³-hybridized carbons (Fsp3) is 0.333. The zero-order valence-corrected chi connectivity index (χ0v) is 11.5. The average molecular weight is 265 g/mol. The predicted molar refractivity (Wildman–Crippen MR) is 73.3 cm³/mol. The second-order valence-corrected chi connectivity index (χ2v) is 6.02. The Morgan fingerprint density at radius 2 is 2.24 bits per heavy atom. The minimum Gasteiger partial charge on any atom is -0.327 e. The third-order valence-corrected chi connectivity index (χ3v) is 5.09. The normalized spacial score (nSPS) is 14.5. The number of aryl methyl sites for hydroxylation is 1. The molecule has 2 atom stereocenters. The van der Waals surface area contributed by atoms with Gasteiger partial charge in [0.05, 0.1) is 5.25 Å². The van der Waals surface area contributed by atoms with Crippen molar-refractivity contribution in [1.29, 1.82) is 0 Å². The van der Waals surface area contributed by atoms with Crippen molar-refractivity contribution in [3.63, 3.8) is 0 Å². The summed E-state index contributed by atoms with van der Waals surface area (Å²) in [6.07, 6.45) is 3.33. The number of thiophene rings is 1. The highest BCUT2D eigenvalue weighted by Crippen LogP contribution is 2.39. The molecule has 0 aliphatic rings. The summed E-state index contributed by atoms with van der Waals surface area (Å²) >= 11 is 3.46. The van der Waals surface area contributed by atoms with E-state index < -0.39 is 0 Å². The lowest BCUT2D eigenvalue weighted by molar-refractivity contribution is 0.726. The molecule has 0 saturated carbocycles. The van der Waals surface area contributed by atoms with Crippen LogP contribution in [-0.4, -0.2) is 16.0 Å². The topological polar surface area (TPSA) is 51.8 Å².